The van der Waals surface area contributed by atoms with Crippen LogP contribution in [-0.4, -0.2) is 60.4 Å². The van der Waals surface area contributed by atoms with Crippen molar-refractivity contribution in [3.05, 3.63) is 41.7 Å². The zero-order chi connectivity index (χ0) is 20.9. The number of hydrogen-bond donors (Lipinski definition) is 1. The lowest BCUT2D eigenvalue weighted by Gasteiger charge is -2.33. The van der Waals surface area contributed by atoms with Crippen LogP contribution in [0.2, 0.25) is 0 Å². The molecule has 6 nitrogen and oxygen atoms in total. The second-order valence-corrected chi connectivity index (χ2v) is 8.32. The van der Waals surface area contributed by atoms with Crippen molar-refractivity contribution < 1.29 is 14.0 Å². The third-order valence-electron chi connectivity index (χ3n) is 5.85. The molecule has 0 unspecified atom stereocenters. The van der Waals surface area contributed by atoms with Gasteiger partial charge in [-0.1, -0.05) is 31.5 Å². The highest BCUT2D eigenvalue weighted by Crippen LogP contribution is 2.28. The Kier molecular flexibility index (Phi) is 6.53. The Bertz CT molecular complexity index is 921. The summed E-state index contributed by atoms with van der Waals surface area (Å²) < 4.78 is 6.04. The molecule has 1 saturated heterocycles. The Morgan fingerprint density at radius 3 is 2.67 bits per heavy atom. The molecule has 0 radical (unpaired) electrons. The predicted molar refractivity (Wildman–Crippen MR) is 118 cm³/mol. The zero-order valence-corrected chi connectivity index (χ0v) is 17.7. The van der Waals surface area contributed by atoms with Crippen LogP contribution in [0, 0.1) is 0 Å². The summed E-state index contributed by atoms with van der Waals surface area (Å²) >= 11 is 0. The van der Waals surface area contributed by atoms with Gasteiger partial charge in [-0.05, 0) is 31.4 Å². The van der Waals surface area contributed by atoms with Gasteiger partial charge in [0.05, 0.1) is 6.54 Å². The molecular weight excluding hydrogens is 378 g/mol. The largest absolute Gasteiger partial charge is 0.460 e. The molecular formula is C24H31N3O3. The van der Waals surface area contributed by atoms with Crippen LogP contribution in [-0.2, 0) is 16.0 Å². The van der Waals surface area contributed by atoms with Crippen LogP contribution in [0.4, 0.5) is 0 Å². The Hall–Kier alpha value is -2.60. The summed E-state index contributed by atoms with van der Waals surface area (Å²) in [5.74, 6) is 1.07. The molecule has 30 heavy (non-hydrogen) atoms. The van der Waals surface area contributed by atoms with Crippen LogP contribution in [0.25, 0.3) is 17.0 Å². The van der Waals surface area contributed by atoms with Crippen molar-refractivity contribution in [1.29, 1.82) is 0 Å². The fourth-order valence-corrected chi connectivity index (χ4v) is 3.91. The van der Waals surface area contributed by atoms with E-state index in [1.54, 1.807) is 6.08 Å². The molecule has 2 heterocycles. The summed E-state index contributed by atoms with van der Waals surface area (Å²) in [5.41, 5.74) is 1.89. The fraction of sp³-hybridized carbons (Fsp3) is 0.500. The normalized spacial score (nSPS) is 17.7. The number of aryl methyl sites for hydroxylation is 1. The van der Waals surface area contributed by atoms with E-state index in [0.717, 1.165) is 67.5 Å². The van der Waals surface area contributed by atoms with Crippen molar-refractivity contribution >= 4 is 28.9 Å². The van der Waals surface area contributed by atoms with E-state index in [2.05, 4.69) is 17.1 Å². The molecule has 1 saturated carbocycles. The van der Waals surface area contributed by atoms with E-state index >= 15 is 0 Å². The SMILES string of the molecule is CCCCc1oc2ccccc2c1C=CC(=O)N1CCN(CC(=O)NC2CC2)CC1. The first-order valence-corrected chi connectivity index (χ1v) is 11.1. The maximum Gasteiger partial charge on any atom is 0.246 e. The Balaban J connectivity index is 1.35. The van der Waals surface area contributed by atoms with Gasteiger partial charge in [0.2, 0.25) is 11.8 Å². The van der Waals surface area contributed by atoms with Crippen LogP contribution >= 0.6 is 0 Å². The summed E-state index contributed by atoms with van der Waals surface area (Å²) in [6, 6.07) is 8.39. The first-order chi connectivity index (χ1) is 14.6. The molecule has 0 bridgehead atoms. The molecule has 1 aliphatic carbocycles. The number of unbranched alkanes of at least 4 members (excludes halogenated alkanes) is 1. The average molecular weight is 410 g/mol. The summed E-state index contributed by atoms with van der Waals surface area (Å²) in [5, 5.41) is 4.08. The smallest absolute Gasteiger partial charge is 0.246 e. The number of hydrogen-bond acceptors (Lipinski definition) is 4. The van der Waals surface area contributed by atoms with Gasteiger partial charge in [-0.2, -0.15) is 0 Å². The van der Waals surface area contributed by atoms with Crippen LogP contribution in [0.15, 0.2) is 34.8 Å². The summed E-state index contributed by atoms with van der Waals surface area (Å²) in [6.45, 7) is 5.35. The minimum atomic E-state index is 0.0174. The van der Waals surface area contributed by atoms with Gasteiger partial charge in [0, 0.05) is 55.7 Å². The van der Waals surface area contributed by atoms with E-state index in [9.17, 15) is 9.59 Å². The minimum absolute atomic E-state index is 0.0174. The van der Waals surface area contributed by atoms with Crippen molar-refractivity contribution in [1.82, 2.24) is 15.1 Å². The van der Waals surface area contributed by atoms with Crippen LogP contribution in [0.1, 0.15) is 43.9 Å². The average Bonchev–Trinajstić information content (AvgIpc) is 3.49. The molecule has 1 aromatic heterocycles. The quantitative estimate of drug-likeness (QED) is 0.680. The second-order valence-electron chi connectivity index (χ2n) is 8.32. The second kappa shape index (κ2) is 9.47. The number of furan rings is 1. The lowest BCUT2D eigenvalue weighted by molar-refractivity contribution is -0.128. The van der Waals surface area contributed by atoms with Gasteiger partial charge in [-0.3, -0.25) is 14.5 Å². The van der Waals surface area contributed by atoms with Crippen molar-refractivity contribution in [3.8, 4) is 0 Å². The molecule has 2 aromatic rings. The number of carbonyl (C=O) groups is 2. The number of fused-ring (bicyclic) bond motifs is 1. The number of rotatable bonds is 8. The topological polar surface area (TPSA) is 65.8 Å². The number of benzene rings is 1. The third-order valence-corrected chi connectivity index (χ3v) is 5.85. The molecule has 2 fully saturated rings. The molecule has 6 heteroatoms. The number of piperazine rings is 1. The fourth-order valence-electron chi connectivity index (χ4n) is 3.91. The van der Waals surface area contributed by atoms with Crippen molar-refractivity contribution in [2.75, 3.05) is 32.7 Å². The molecule has 160 valence electrons. The van der Waals surface area contributed by atoms with Crippen LogP contribution < -0.4 is 5.32 Å². The number of carbonyl (C=O) groups excluding carboxylic acids is 2. The van der Waals surface area contributed by atoms with Gasteiger partial charge >= 0.3 is 0 Å². The van der Waals surface area contributed by atoms with Crippen molar-refractivity contribution in [2.24, 2.45) is 0 Å². The summed E-state index contributed by atoms with van der Waals surface area (Å²) in [6.07, 6.45) is 8.82. The monoisotopic (exact) mass is 409 g/mol. The number of para-hydroxylation sites is 1. The van der Waals surface area contributed by atoms with E-state index in [1.807, 2.05) is 35.2 Å². The lowest BCUT2D eigenvalue weighted by atomic mass is 10.1. The van der Waals surface area contributed by atoms with Gasteiger partial charge < -0.3 is 14.6 Å². The zero-order valence-electron chi connectivity index (χ0n) is 17.7. The summed E-state index contributed by atoms with van der Waals surface area (Å²) in [7, 11) is 0. The number of nitrogens with one attached hydrogen (secondary N) is 1. The highest BCUT2D eigenvalue weighted by Gasteiger charge is 2.26. The maximum absolute atomic E-state index is 12.7. The Labute approximate surface area is 177 Å². The van der Waals surface area contributed by atoms with Crippen LogP contribution in [0.3, 0.4) is 0 Å². The van der Waals surface area contributed by atoms with Crippen molar-refractivity contribution in [3.63, 3.8) is 0 Å². The lowest BCUT2D eigenvalue weighted by Crippen LogP contribution is -2.51. The Morgan fingerprint density at radius 2 is 1.93 bits per heavy atom. The highest BCUT2D eigenvalue weighted by atomic mass is 16.3. The molecule has 4 rings (SSSR count). The van der Waals surface area contributed by atoms with E-state index in [1.165, 1.54) is 0 Å². The predicted octanol–water partition coefficient (Wildman–Crippen LogP) is 3.21. The van der Waals surface area contributed by atoms with E-state index in [4.69, 9.17) is 4.42 Å². The van der Waals surface area contributed by atoms with E-state index < -0.39 is 0 Å². The first-order valence-electron chi connectivity index (χ1n) is 11.1. The number of amides is 2. The minimum Gasteiger partial charge on any atom is -0.460 e. The van der Waals surface area contributed by atoms with Gasteiger partial charge in [-0.15, -0.1) is 0 Å². The number of nitrogens with zero attached hydrogens (tertiary/aromatic N) is 2. The molecule has 0 spiro atoms. The maximum atomic E-state index is 12.7. The van der Waals surface area contributed by atoms with Gasteiger partial charge in [0.1, 0.15) is 11.3 Å². The van der Waals surface area contributed by atoms with E-state index in [0.29, 0.717) is 25.7 Å². The third kappa shape index (κ3) is 5.11. The van der Waals surface area contributed by atoms with Crippen LogP contribution in [0.5, 0.6) is 0 Å². The standard InChI is InChI=1S/C24H31N3O3/c1-2-3-7-21-20(19-6-4-5-8-22(19)30-21)11-12-24(29)27-15-13-26(14-16-27)17-23(28)25-18-9-10-18/h4-6,8,11-12,18H,2-3,7,9-10,13-17H2,1H3,(H,25,28). The Morgan fingerprint density at radius 1 is 1.17 bits per heavy atom. The first kappa shape index (κ1) is 20.7. The van der Waals surface area contributed by atoms with E-state index in [-0.39, 0.29) is 11.8 Å². The highest BCUT2D eigenvalue weighted by molar-refractivity contribution is 5.96. The molecule has 0 atom stereocenters. The molecule has 2 amide bonds. The van der Waals surface area contributed by atoms with Gasteiger partial charge in [-0.25, -0.2) is 0 Å². The van der Waals surface area contributed by atoms with Gasteiger partial charge in [0.15, 0.2) is 0 Å². The van der Waals surface area contributed by atoms with Gasteiger partial charge in [0.25, 0.3) is 0 Å². The molecule has 1 N–H and O–H groups in total. The summed E-state index contributed by atoms with van der Waals surface area (Å²) in [4.78, 5) is 28.7. The molecule has 1 aliphatic heterocycles. The molecule has 1 aromatic carbocycles. The van der Waals surface area contributed by atoms with Crippen molar-refractivity contribution in [2.45, 2.75) is 45.1 Å². The molecule has 2 aliphatic rings.